The normalized spacial score (nSPS) is 15.1. The molecule has 0 unspecified atom stereocenters. The number of nitrogens with zero attached hydrogens (tertiary/aromatic N) is 5. The number of fused-ring (bicyclic) bond motifs is 1. The number of pyridine rings is 3. The van der Waals surface area contributed by atoms with Gasteiger partial charge in [-0.1, -0.05) is 6.07 Å². The van der Waals surface area contributed by atoms with Crippen LogP contribution in [0.2, 0.25) is 0 Å². The number of piperazine rings is 1. The van der Waals surface area contributed by atoms with Crippen molar-refractivity contribution in [3.63, 3.8) is 0 Å². The van der Waals surface area contributed by atoms with Crippen LogP contribution in [0.4, 0.5) is 5.82 Å². The van der Waals surface area contributed by atoms with E-state index in [1.54, 1.807) is 18.5 Å². The van der Waals surface area contributed by atoms with Crippen molar-refractivity contribution in [3.8, 4) is 0 Å². The maximum Gasteiger partial charge on any atom is 0.270 e. The van der Waals surface area contributed by atoms with E-state index >= 15 is 0 Å². The summed E-state index contributed by atoms with van der Waals surface area (Å²) in [6.45, 7) is 4.31. The van der Waals surface area contributed by atoms with Crippen molar-refractivity contribution < 1.29 is 4.79 Å². The first kappa shape index (κ1) is 17.4. The third-order valence-electron chi connectivity index (χ3n) is 4.81. The van der Waals surface area contributed by atoms with Crippen LogP contribution in [0.15, 0.2) is 48.8 Å². The Morgan fingerprint density at radius 3 is 2.67 bits per heavy atom. The molecule has 3 aromatic rings. The minimum absolute atomic E-state index is 0.212. The molecule has 1 aliphatic rings. The molecule has 1 N–H and O–H groups in total. The van der Waals surface area contributed by atoms with Crippen molar-refractivity contribution in [1.29, 1.82) is 0 Å². The number of carbonyl (C=O) groups is 1. The Kier molecular flexibility index (Phi) is 4.93. The van der Waals surface area contributed by atoms with Gasteiger partial charge in [-0.25, -0.2) is 15.0 Å². The zero-order valence-electron chi connectivity index (χ0n) is 15.3. The van der Waals surface area contributed by atoms with Crippen molar-refractivity contribution >= 4 is 22.8 Å². The lowest BCUT2D eigenvalue weighted by Crippen LogP contribution is -2.45. The van der Waals surface area contributed by atoms with E-state index in [0.29, 0.717) is 17.9 Å². The highest BCUT2D eigenvalue weighted by Crippen LogP contribution is 2.19. The lowest BCUT2D eigenvalue weighted by Gasteiger charge is -2.34. The maximum absolute atomic E-state index is 12.6. The van der Waals surface area contributed by atoms with Gasteiger partial charge in [0.05, 0.1) is 0 Å². The third-order valence-corrected chi connectivity index (χ3v) is 4.81. The average Bonchev–Trinajstić information content (AvgIpc) is 2.72. The molecule has 3 aromatic heterocycles. The van der Waals surface area contributed by atoms with E-state index in [0.717, 1.165) is 42.9 Å². The van der Waals surface area contributed by atoms with Gasteiger partial charge in [0, 0.05) is 56.1 Å². The highest BCUT2D eigenvalue weighted by Gasteiger charge is 2.18. The second-order valence-corrected chi connectivity index (χ2v) is 6.71. The first-order valence-corrected chi connectivity index (χ1v) is 9.08. The van der Waals surface area contributed by atoms with Gasteiger partial charge >= 0.3 is 0 Å². The molecule has 0 bridgehead atoms. The molecule has 7 heteroatoms. The predicted molar refractivity (Wildman–Crippen MR) is 105 cm³/mol. The van der Waals surface area contributed by atoms with Crippen LogP contribution in [0.5, 0.6) is 0 Å². The highest BCUT2D eigenvalue weighted by atomic mass is 16.1. The van der Waals surface area contributed by atoms with E-state index in [1.807, 2.05) is 30.3 Å². The number of aromatic nitrogens is 3. The van der Waals surface area contributed by atoms with Gasteiger partial charge < -0.3 is 15.1 Å². The lowest BCUT2D eigenvalue weighted by molar-refractivity contribution is 0.0946. The van der Waals surface area contributed by atoms with Crippen LogP contribution in [0, 0.1) is 0 Å². The first-order valence-electron chi connectivity index (χ1n) is 9.08. The number of likely N-dealkylation sites (N-methyl/N-ethyl adjacent to an activating group) is 1. The summed E-state index contributed by atoms with van der Waals surface area (Å²) in [5.74, 6) is 0.731. The standard InChI is InChI=1S/C20H22N6O/c1-25-10-12-26(13-11-25)19-16(5-3-9-22-19)14-23-20(27)17-7-6-15-4-2-8-21-18(15)24-17/h2-9H,10-14H2,1H3,(H,23,27). The average molecular weight is 362 g/mol. The number of amides is 1. The Morgan fingerprint density at radius 1 is 1.04 bits per heavy atom. The molecule has 4 heterocycles. The quantitative estimate of drug-likeness (QED) is 0.762. The molecule has 0 saturated carbocycles. The Morgan fingerprint density at radius 2 is 1.81 bits per heavy atom. The van der Waals surface area contributed by atoms with Crippen LogP contribution in [0.1, 0.15) is 16.1 Å². The smallest absolute Gasteiger partial charge is 0.270 e. The summed E-state index contributed by atoms with van der Waals surface area (Å²) in [4.78, 5) is 30.2. The molecule has 0 atom stereocenters. The maximum atomic E-state index is 12.6. The molecule has 27 heavy (non-hydrogen) atoms. The topological polar surface area (TPSA) is 74.2 Å². The SMILES string of the molecule is CN1CCN(c2ncccc2CNC(=O)c2ccc3cccnc3n2)CC1. The second kappa shape index (κ2) is 7.67. The van der Waals surface area contributed by atoms with Crippen molar-refractivity contribution in [2.45, 2.75) is 6.54 Å². The van der Waals surface area contributed by atoms with Gasteiger partial charge in [0.15, 0.2) is 5.65 Å². The summed E-state index contributed by atoms with van der Waals surface area (Å²) in [6.07, 6.45) is 3.48. The molecule has 0 spiro atoms. The van der Waals surface area contributed by atoms with E-state index in [9.17, 15) is 4.79 Å². The van der Waals surface area contributed by atoms with E-state index in [-0.39, 0.29) is 5.91 Å². The van der Waals surface area contributed by atoms with E-state index < -0.39 is 0 Å². The van der Waals surface area contributed by atoms with Gasteiger partial charge in [-0.05, 0) is 37.4 Å². The van der Waals surface area contributed by atoms with Crippen molar-refractivity contribution in [2.75, 3.05) is 38.1 Å². The van der Waals surface area contributed by atoms with Crippen molar-refractivity contribution in [2.24, 2.45) is 0 Å². The number of anilines is 1. The molecule has 0 aliphatic carbocycles. The summed E-state index contributed by atoms with van der Waals surface area (Å²) in [5.41, 5.74) is 1.95. The molecular weight excluding hydrogens is 340 g/mol. The van der Waals surface area contributed by atoms with E-state index in [2.05, 4.69) is 37.1 Å². The molecule has 138 valence electrons. The lowest BCUT2D eigenvalue weighted by atomic mass is 10.2. The highest BCUT2D eigenvalue weighted by molar-refractivity contribution is 5.94. The fourth-order valence-electron chi connectivity index (χ4n) is 3.22. The Labute approximate surface area is 158 Å². The zero-order chi connectivity index (χ0) is 18.6. The first-order chi connectivity index (χ1) is 13.2. The monoisotopic (exact) mass is 362 g/mol. The fraction of sp³-hybridized carbons (Fsp3) is 0.300. The minimum Gasteiger partial charge on any atom is -0.354 e. The number of hydrogen-bond acceptors (Lipinski definition) is 6. The predicted octanol–water partition coefficient (Wildman–Crippen LogP) is 1.71. The minimum atomic E-state index is -0.212. The molecule has 1 aliphatic heterocycles. The van der Waals surface area contributed by atoms with Crippen LogP contribution in [0.3, 0.4) is 0 Å². The van der Waals surface area contributed by atoms with E-state index in [1.165, 1.54) is 0 Å². The summed E-state index contributed by atoms with van der Waals surface area (Å²) in [5, 5.41) is 3.88. The summed E-state index contributed by atoms with van der Waals surface area (Å²) >= 11 is 0. The number of carbonyl (C=O) groups excluding carboxylic acids is 1. The Balaban J connectivity index is 1.47. The number of nitrogens with one attached hydrogen (secondary N) is 1. The van der Waals surface area contributed by atoms with Gasteiger partial charge in [0.25, 0.3) is 5.91 Å². The van der Waals surface area contributed by atoms with E-state index in [4.69, 9.17) is 0 Å². The molecule has 1 saturated heterocycles. The van der Waals surface area contributed by atoms with Crippen molar-refractivity contribution in [3.05, 3.63) is 60.0 Å². The summed E-state index contributed by atoms with van der Waals surface area (Å²) < 4.78 is 0. The van der Waals surface area contributed by atoms with Gasteiger partial charge in [0.1, 0.15) is 11.5 Å². The Hall–Kier alpha value is -3.06. The van der Waals surface area contributed by atoms with Crippen LogP contribution >= 0.6 is 0 Å². The Bertz CT molecular complexity index is 952. The molecule has 0 radical (unpaired) electrons. The second-order valence-electron chi connectivity index (χ2n) is 6.71. The molecule has 0 aromatic carbocycles. The largest absolute Gasteiger partial charge is 0.354 e. The molecule has 1 fully saturated rings. The molecular formula is C20H22N6O. The van der Waals surface area contributed by atoms with Gasteiger partial charge in [-0.3, -0.25) is 4.79 Å². The van der Waals surface area contributed by atoms with Crippen LogP contribution in [0.25, 0.3) is 11.0 Å². The summed E-state index contributed by atoms with van der Waals surface area (Å²) in [7, 11) is 2.13. The fourth-order valence-corrected chi connectivity index (χ4v) is 3.22. The number of rotatable bonds is 4. The molecule has 7 nitrogen and oxygen atoms in total. The molecule has 1 amide bonds. The van der Waals surface area contributed by atoms with Gasteiger partial charge in [0.2, 0.25) is 0 Å². The van der Waals surface area contributed by atoms with Crippen molar-refractivity contribution in [1.82, 2.24) is 25.2 Å². The van der Waals surface area contributed by atoms with Gasteiger partial charge in [-0.2, -0.15) is 0 Å². The number of hydrogen-bond donors (Lipinski definition) is 1. The van der Waals surface area contributed by atoms with Gasteiger partial charge in [-0.15, -0.1) is 0 Å². The van der Waals surface area contributed by atoms with Crippen LogP contribution in [-0.4, -0.2) is 59.0 Å². The zero-order valence-corrected chi connectivity index (χ0v) is 15.3. The van der Waals surface area contributed by atoms with Crippen LogP contribution in [-0.2, 0) is 6.54 Å². The molecule has 4 rings (SSSR count). The summed E-state index contributed by atoms with van der Waals surface area (Å²) in [6, 6.07) is 11.3. The third kappa shape index (κ3) is 3.88. The van der Waals surface area contributed by atoms with Crippen LogP contribution < -0.4 is 10.2 Å².